The van der Waals surface area contributed by atoms with Crippen LogP contribution in [0.4, 0.5) is 5.82 Å². The predicted octanol–water partition coefficient (Wildman–Crippen LogP) is 4.03. The third kappa shape index (κ3) is 4.37. The highest BCUT2D eigenvalue weighted by atomic mass is 32.1. The molecule has 1 saturated carbocycles. The van der Waals surface area contributed by atoms with E-state index in [-0.39, 0.29) is 5.97 Å². The van der Waals surface area contributed by atoms with E-state index in [0.717, 1.165) is 85.2 Å². The van der Waals surface area contributed by atoms with Gasteiger partial charge in [0.15, 0.2) is 0 Å². The highest BCUT2D eigenvalue weighted by molar-refractivity contribution is 7.20. The maximum Gasteiger partial charge on any atom is 0.348 e. The van der Waals surface area contributed by atoms with Crippen molar-refractivity contribution in [1.82, 2.24) is 14.9 Å². The molecule has 7 nitrogen and oxygen atoms in total. The number of rotatable bonds is 5. The Kier molecular flexibility index (Phi) is 6.62. The van der Waals surface area contributed by atoms with Crippen LogP contribution in [-0.4, -0.2) is 66.8 Å². The minimum Gasteiger partial charge on any atom is -0.462 e. The first kappa shape index (κ1) is 22.0. The summed E-state index contributed by atoms with van der Waals surface area (Å²) in [6, 6.07) is 0. The van der Waals surface area contributed by atoms with Crippen LogP contribution in [0.25, 0.3) is 10.2 Å². The zero-order valence-corrected chi connectivity index (χ0v) is 20.1. The first-order chi connectivity index (χ1) is 15.6. The minimum atomic E-state index is -0.250. The zero-order chi connectivity index (χ0) is 22.1. The second-order valence-electron chi connectivity index (χ2n) is 9.35. The summed E-state index contributed by atoms with van der Waals surface area (Å²) in [6.45, 7) is 10.4. The summed E-state index contributed by atoms with van der Waals surface area (Å²) < 4.78 is 10.8. The molecular formula is C24H34N4O3S. The van der Waals surface area contributed by atoms with Gasteiger partial charge >= 0.3 is 5.97 Å². The maximum absolute atomic E-state index is 12.6. The molecule has 0 bridgehead atoms. The Hall–Kier alpha value is -1.77. The van der Waals surface area contributed by atoms with Crippen molar-refractivity contribution in [2.24, 2.45) is 11.8 Å². The number of carbonyl (C=O) groups excluding carboxylic acids is 1. The van der Waals surface area contributed by atoms with E-state index in [2.05, 4.69) is 9.80 Å². The summed E-state index contributed by atoms with van der Waals surface area (Å²) in [4.78, 5) is 29.1. The maximum atomic E-state index is 12.6. The average molecular weight is 459 g/mol. The average Bonchev–Trinajstić information content (AvgIpc) is 3.15. The Labute approximate surface area is 194 Å². The van der Waals surface area contributed by atoms with Crippen LogP contribution < -0.4 is 4.90 Å². The van der Waals surface area contributed by atoms with Gasteiger partial charge in [-0.2, -0.15) is 0 Å². The van der Waals surface area contributed by atoms with Crippen molar-refractivity contribution in [2.75, 3.05) is 50.9 Å². The van der Waals surface area contributed by atoms with E-state index in [9.17, 15) is 4.79 Å². The molecule has 1 aliphatic carbocycles. The molecule has 0 radical (unpaired) electrons. The van der Waals surface area contributed by atoms with E-state index in [1.165, 1.54) is 43.4 Å². The molecule has 3 fully saturated rings. The number of hydrogen-bond acceptors (Lipinski definition) is 8. The Bertz CT molecular complexity index is 972. The Morgan fingerprint density at radius 1 is 1.12 bits per heavy atom. The largest absolute Gasteiger partial charge is 0.462 e. The summed E-state index contributed by atoms with van der Waals surface area (Å²) in [6.07, 6.45) is 6.68. The van der Waals surface area contributed by atoms with Gasteiger partial charge in [0.05, 0.1) is 31.8 Å². The third-order valence-corrected chi connectivity index (χ3v) is 8.50. The fraction of sp³-hybridized carbons (Fsp3) is 0.708. The van der Waals surface area contributed by atoms with E-state index >= 15 is 0 Å². The zero-order valence-electron chi connectivity index (χ0n) is 19.3. The number of aromatic nitrogens is 2. The monoisotopic (exact) mass is 458 g/mol. The van der Waals surface area contributed by atoms with Crippen LogP contribution in [0, 0.1) is 18.8 Å². The molecule has 174 valence electrons. The molecule has 2 atom stereocenters. The third-order valence-electron chi connectivity index (χ3n) is 7.34. The molecule has 2 aromatic heterocycles. The summed E-state index contributed by atoms with van der Waals surface area (Å²) >= 11 is 1.45. The van der Waals surface area contributed by atoms with E-state index < -0.39 is 0 Å². The molecule has 4 heterocycles. The lowest BCUT2D eigenvalue weighted by Gasteiger charge is -2.42. The molecule has 3 aliphatic rings. The van der Waals surface area contributed by atoms with Crippen LogP contribution in [0.2, 0.25) is 0 Å². The second kappa shape index (κ2) is 9.61. The molecule has 0 unspecified atom stereocenters. The van der Waals surface area contributed by atoms with E-state index in [1.807, 2.05) is 13.8 Å². The van der Waals surface area contributed by atoms with Crippen LogP contribution in [0.5, 0.6) is 0 Å². The first-order valence-electron chi connectivity index (χ1n) is 12.2. The van der Waals surface area contributed by atoms with Crippen molar-refractivity contribution in [3.63, 3.8) is 0 Å². The molecule has 2 aromatic rings. The summed E-state index contributed by atoms with van der Waals surface area (Å²) in [5.41, 5.74) is 0.960. The van der Waals surface area contributed by atoms with Crippen molar-refractivity contribution in [3.05, 3.63) is 16.3 Å². The van der Waals surface area contributed by atoms with Crippen LogP contribution >= 0.6 is 11.3 Å². The summed E-state index contributed by atoms with van der Waals surface area (Å²) in [5, 5.41) is 1.04. The molecule has 0 aromatic carbocycles. The van der Waals surface area contributed by atoms with E-state index in [0.29, 0.717) is 11.5 Å². The van der Waals surface area contributed by atoms with Gasteiger partial charge in [-0.05, 0) is 44.1 Å². The molecule has 5 rings (SSSR count). The van der Waals surface area contributed by atoms with Crippen LogP contribution in [0.1, 0.15) is 60.1 Å². The Morgan fingerprint density at radius 3 is 2.69 bits per heavy atom. The van der Waals surface area contributed by atoms with Gasteiger partial charge in [0, 0.05) is 26.2 Å². The number of morpholine rings is 1. The van der Waals surface area contributed by atoms with Gasteiger partial charge in [0.2, 0.25) is 0 Å². The number of thiophene rings is 1. The molecule has 32 heavy (non-hydrogen) atoms. The van der Waals surface area contributed by atoms with Crippen molar-refractivity contribution >= 4 is 33.3 Å². The molecular weight excluding hydrogens is 424 g/mol. The smallest absolute Gasteiger partial charge is 0.348 e. The van der Waals surface area contributed by atoms with Crippen LogP contribution in [-0.2, 0) is 16.0 Å². The summed E-state index contributed by atoms with van der Waals surface area (Å²) in [5.74, 6) is 3.24. The number of fused-ring (bicyclic) bond motifs is 2. The molecule has 2 aliphatic heterocycles. The summed E-state index contributed by atoms with van der Waals surface area (Å²) in [7, 11) is 0. The molecule has 0 N–H and O–H groups in total. The minimum absolute atomic E-state index is 0.250. The molecule has 2 saturated heterocycles. The van der Waals surface area contributed by atoms with Gasteiger partial charge in [-0.15, -0.1) is 11.3 Å². The van der Waals surface area contributed by atoms with Gasteiger partial charge in [-0.3, -0.25) is 4.90 Å². The van der Waals surface area contributed by atoms with Crippen LogP contribution in [0.15, 0.2) is 0 Å². The number of carbonyl (C=O) groups is 1. The topological polar surface area (TPSA) is 67.8 Å². The fourth-order valence-electron chi connectivity index (χ4n) is 5.60. The highest BCUT2D eigenvalue weighted by Gasteiger charge is 2.33. The SMILES string of the molecule is CCOC(=O)c1sc2nc(CN3CCOCC3)nc(N3CC[C@H]4CCCC[C@H]4C3)c2c1C. The quantitative estimate of drug-likeness (QED) is 0.627. The fourth-order valence-corrected chi connectivity index (χ4v) is 6.69. The number of ether oxygens (including phenoxy) is 2. The van der Waals surface area contributed by atoms with Crippen molar-refractivity contribution in [2.45, 2.75) is 52.5 Å². The van der Waals surface area contributed by atoms with Crippen molar-refractivity contribution in [3.8, 4) is 0 Å². The van der Waals surface area contributed by atoms with Crippen molar-refractivity contribution in [1.29, 1.82) is 0 Å². The molecule has 0 spiro atoms. The number of piperidine rings is 1. The lowest BCUT2D eigenvalue weighted by molar-refractivity contribution is 0.0331. The van der Waals surface area contributed by atoms with Gasteiger partial charge < -0.3 is 14.4 Å². The van der Waals surface area contributed by atoms with E-state index in [4.69, 9.17) is 19.4 Å². The highest BCUT2D eigenvalue weighted by Crippen LogP contribution is 2.41. The standard InChI is InChI=1S/C24H34N4O3S/c1-3-31-24(29)21-16(2)20-22(28-9-8-17-6-4-5-7-18(17)14-28)25-19(26-23(20)32-21)15-27-10-12-30-13-11-27/h17-18H,3-15H2,1-2H3/t17-,18+/m1/s1. The number of anilines is 1. The number of esters is 1. The lowest BCUT2D eigenvalue weighted by Crippen LogP contribution is -2.42. The van der Waals surface area contributed by atoms with Gasteiger partial charge in [0.1, 0.15) is 21.3 Å². The lowest BCUT2D eigenvalue weighted by atomic mass is 9.75. The molecule has 8 heteroatoms. The first-order valence-corrected chi connectivity index (χ1v) is 13.0. The number of hydrogen-bond donors (Lipinski definition) is 0. The van der Waals surface area contributed by atoms with Gasteiger partial charge in [-0.1, -0.05) is 19.3 Å². The van der Waals surface area contributed by atoms with Gasteiger partial charge in [-0.25, -0.2) is 14.8 Å². The second-order valence-corrected chi connectivity index (χ2v) is 10.3. The van der Waals surface area contributed by atoms with Gasteiger partial charge in [0.25, 0.3) is 0 Å². The molecule has 0 amide bonds. The normalized spacial score (nSPS) is 24.5. The van der Waals surface area contributed by atoms with E-state index in [1.54, 1.807) is 0 Å². The van der Waals surface area contributed by atoms with Crippen molar-refractivity contribution < 1.29 is 14.3 Å². The Morgan fingerprint density at radius 2 is 1.91 bits per heavy atom. The number of nitrogens with zero attached hydrogens (tertiary/aromatic N) is 4. The van der Waals surface area contributed by atoms with Crippen LogP contribution in [0.3, 0.4) is 0 Å². The number of aryl methyl sites for hydroxylation is 1. The Balaban J connectivity index is 1.52. The predicted molar refractivity (Wildman–Crippen MR) is 126 cm³/mol.